The first-order chi connectivity index (χ1) is 15.0. The molecule has 162 valence electrons. The van der Waals surface area contributed by atoms with Crippen LogP contribution in [0.3, 0.4) is 0 Å². The van der Waals surface area contributed by atoms with E-state index < -0.39 is 0 Å². The van der Waals surface area contributed by atoms with Crippen LogP contribution in [0.5, 0.6) is 0 Å². The van der Waals surface area contributed by atoms with Gasteiger partial charge < -0.3 is 5.32 Å². The monoisotopic (exact) mass is 478 g/mol. The van der Waals surface area contributed by atoms with Crippen LogP contribution in [0, 0.1) is 5.82 Å². The van der Waals surface area contributed by atoms with Gasteiger partial charge in [0.25, 0.3) is 0 Å². The first-order valence-corrected chi connectivity index (χ1v) is 11.8. The van der Waals surface area contributed by atoms with Crippen molar-refractivity contribution in [2.45, 2.75) is 43.3 Å². The minimum Gasteiger partial charge on any atom is -0.324 e. The Bertz CT molecular complexity index is 1090. The van der Waals surface area contributed by atoms with Crippen LogP contribution in [0.1, 0.15) is 38.1 Å². The van der Waals surface area contributed by atoms with Crippen molar-refractivity contribution in [2.75, 3.05) is 11.1 Å². The number of rotatable bonds is 6. The standard InChI is InChI=1S/C22H21Cl2FN4OS/c23-14-10-11-17(24)19(12-14)26-20(30)13-31-22-28-27-21(16-8-4-5-9-18(16)25)29(22)15-6-2-1-3-7-15/h4-5,8-12,15H,1-3,6-7,13H2,(H,26,30). The predicted octanol–water partition coefficient (Wildman–Crippen LogP) is 6.63. The Morgan fingerprint density at radius 3 is 2.68 bits per heavy atom. The summed E-state index contributed by atoms with van der Waals surface area (Å²) in [5.41, 5.74) is 0.878. The first-order valence-electron chi connectivity index (χ1n) is 10.1. The number of nitrogens with one attached hydrogen (secondary N) is 1. The van der Waals surface area contributed by atoms with Crippen molar-refractivity contribution >= 4 is 46.6 Å². The molecule has 1 fully saturated rings. The van der Waals surface area contributed by atoms with E-state index >= 15 is 0 Å². The third kappa shape index (κ3) is 5.22. The molecule has 4 rings (SSSR count). The Balaban J connectivity index is 1.56. The lowest BCUT2D eigenvalue weighted by atomic mass is 9.95. The highest BCUT2D eigenvalue weighted by Crippen LogP contribution is 2.36. The van der Waals surface area contributed by atoms with Crippen LogP contribution < -0.4 is 5.32 Å². The van der Waals surface area contributed by atoms with Crippen LogP contribution in [-0.2, 0) is 4.79 Å². The van der Waals surface area contributed by atoms with E-state index in [9.17, 15) is 9.18 Å². The lowest BCUT2D eigenvalue weighted by Crippen LogP contribution is -2.17. The van der Waals surface area contributed by atoms with Crippen molar-refractivity contribution in [2.24, 2.45) is 0 Å². The molecule has 1 N–H and O–H groups in total. The highest BCUT2D eigenvalue weighted by Gasteiger charge is 2.25. The van der Waals surface area contributed by atoms with Crippen LogP contribution in [-0.4, -0.2) is 26.4 Å². The zero-order valence-electron chi connectivity index (χ0n) is 16.7. The highest BCUT2D eigenvalue weighted by atomic mass is 35.5. The number of nitrogens with zero attached hydrogens (tertiary/aromatic N) is 3. The zero-order valence-corrected chi connectivity index (χ0v) is 19.0. The van der Waals surface area contributed by atoms with Gasteiger partial charge in [-0.3, -0.25) is 9.36 Å². The molecule has 2 aromatic carbocycles. The van der Waals surface area contributed by atoms with E-state index in [4.69, 9.17) is 23.2 Å². The number of aromatic nitrogens is 3. The topological polar surface area (TPSA) is 59.8 Å². The van der Waals surface area contributed by atoms with Crippen LogP contribution in [0.4, 0.5) is 10.1 Å². The molecule has 0 radical (unpaired) electrons. The van der Waals surface area contributed by atoms with Gasteiger partial charge in [-0.15, -0.1) is 10.2 Å². The molecule has 0 unspecified atom stereocenters. The Morgan fingerprint density at radius 2 is 1.90 bits per heavy atom. The molecule has 1 aliphatic rings. The zero-order chi connectivity index (χ0) is 21.8. The molecule has 0 atom stereocenters. The van der Waals surface area contributed by atoms with Crippen molar-refractivity contribution in [3.63, 3.8) is 0 Å². The molecule has 0 saturated heterocycles. The smallest absolute Gasteiger partial charge is 0.234 e. The van der Waals surface area contributed by atoms with E-state index in [0.29, 0.717) is 32.3 Å². The summed E-state index contributed by atoms with van der Waals surface area (Å²) in [5.74, 6) is 0.0489. The van der Waals surface area contributed by atoms with Crippen LogP contribution in [0.15, 0.2) is 47.6 Å². The summed E-state index contributed by atoms with van der Waals surface area (Å²) in [5, 5.41) is 12.9. The second-order valence-corrected chi connectivity index (χ2v) is 9.20. The third-order valence-corrected chi connectivity index (χ3v) is 6.76. The second kappa shape index (κ2) is 10.0. The molecule has 0 bridgehead atoms. The summed E-state index contributed by atoms with van der Waals surface area (Å²) in [4.78, 5) is 12.5. The van der Waals surface area contributed by atoms with Crippen molar-refractivity contribution in [3.8, 4) is 11.4 Å². The quantitative estimate of drug-likeness (QED) is 0.404. The summed E-state index contributed by atoms with van der Waals surface area (Å²) in [7, 11) is 0. The maximum absolute atomic E-state index is 14.5. The molecule has 31 heavy (non-hydrogen) atoms. The maximum Gasteiger partial charge on any atom is 0.234 e. The van der Waals surface area contributed by atoms with Gasteiger partial charge in [0, 0.05) is 11.1 Å². The van der Waals surface area contributed by atoms with Crippen molar-refractivity contribution in [3.05, 3.63) is 58.3 Å². The lowest BCUT2D eigenvalue weighted by Gasteiger charge is -2.25. The van der Waals surface area contributed by atoms with Gasteiger partial charge in [0.05, 0.1) is 22.0 Å². The van der Waals surface area contributed by atoms with Crippen LogP contribution >= 0.6 is 35.0 Å². The molecule has 9 heteroatoms. The molecule has 5 nitrogen and oxygen atoms in total. The molecule has 1 saturated carbocycles. The predicted molar refractivity (Wildman–Crippen MR) is 123 cm³/mol. The van der Waals surface area contributed by atoms with Gasteiger partial charge in [-0.2, -0.15) is 0 Å². The number of hydrogen-bond donors (Lipinski definition) is 1. The SMILES string of the molecule is O=C(CSc1nnc(-c2ccccc2F)n1C1CCCCC1)Nc1cc(Cl)ccc1Cl. The van der Waals surface area contributed by atoms with Crippen LogP contribution in [0.2, 0.25) is 10.0 Å². The van der Waals surface area contributed by atoms with Crippen molar-refractivity contribution < 1.29 is 9.18 Å². The summed E-state index contributed by atoms with van der Waals surface area (Å²) in [6.07, 6.45) is 5.38. The molecule has 1 aliphatic carbocycles. The van der Waals surface area contributed by atoms with Gasteiger partial charge >= 0.3 is 0 Å². The number of hydrogen-bond acceptors (Lipinski definition) is 4. The number of thioether (sulfide) groups is 1. The van der Waals surface area contributed by atoms with Gasteiger partial charge in [-0.1, -0.05) is 66.4 Å². The minimum atomic E-state index is -0.336. The number of benzene rings is 2. The normalized spacial score (nSPS) is 14.5. The Hall–Kier alpha value is -2.09. The minimum absolute atomic E-state index is 0.116. The fourth-order valence-electron chi connectivity index (χ4n) is 3.78. The molecule has 1 heterocycles. The van der Waals surface area contributed by atoms with Crippen molar-refractivity contribution in [1.29, 1.82) is 0 Å². The van der Waals surface area contributed by atoms with E-state index in [1.54, 1.807) is 36.4 Å². The third-order valence-electron chi connectivity index (χ3n) is 5.25. The molecular weight excluding hydrogens is 458 g/mol. The molecule has 0 aliphatic heterocycles. The summed E-state index contributed by atoms with van der Waals surface area (Å²) < 4.78 is 16.5. The highest BCUT2D eigenvalue weighted by molar-refractivity contribution is 7.99. The number of amides is 1. The molecule has 0 spiro atoms. The first kappa shape index (κ1) is 22.1. The van der Waals surface area contributed by atoms with Gasteiger partial charge in [0.15, 0.2) is 11.0 Å². The van der Waals surface area contributed by atoms with E-state index in [1.165, 1.54) is 24.2 Å². The van der Waals surface area contributed by atoms with E-state index in [-0.39, 0.29) is 23.5 Å². The Labute approximate surface area is 194 Å². The fraction of sp³-hybridized carbons (Fsp3) is 0.318. The van der Waals surface area contributed by atoms with Crippen LogP contribution in [0.25, 0.3) is 11.4 Å². The second-order valence-electron chi connectivity index (χ2n) is 7.41. The fourth-order valence-corrected chi connectivity index (χ4v) is 4.92. The molecule has 1 aromatic heterocycles. The summed E-state index contributed by atoms with van der Waals surface area (Å²) in [6, 6.07) is 11.6. The number of halogens is 3. The van der Waals surface area contributed by atoms with Crippen molar-refractivity contribution in [1.82, 2.24) is 14.8 Å². The maximum atomic E-state index is 14.5. The van der Waals surface area contributed by atoms with Gasteiger partial charge in [-0.25, -0.2) is 4.39 Å². The Kier molecular flexibility index (Phi) is 7.15. The lowest BCUT2D eigenvalue weighted by molar-refractivity contribution is -0.113. The van der Waals surface area contributed by atoms with Gasteiger partial charge in [0.1, 0.15) is 5.82 Å². The summed E-state index contributed by atoms with van der Waals surface area (Å²) in [6.45, 7) is 0. The number of carbonyl (C=O) groups is 1. The molecule has 1 amide bonds. The average Bonchev–Trinajstić information content (AvgIpc) is 3.19. The molecular formula is C22H21Cl2FN4OS. The van der Waals surface area contributed by atoms with E-state index in [1.807, 2.05) is 4.57 Å². The largest absolute Gasteiger partial charge is 0.324 e. The van der Waals surface area contributed by atoms with Gasteiger partial charge in [0.2, 0.25) is 5.91 Å². The Morgan fingerprint density at radius 1 is 1.13 bits per heavy atom. The van der Waals surface area contributed by atoms with Gasteiger partial charge in [-0.05, 0) is 43.2 Å². The van der Waals surface area contributed by atoms with E-state index in [2.05, 4.69) is 15.5 Å². The summed E-state index contributed by atoms with van der Waals surface area (Å²) >= 11 is 13.4. The number of carbonyl (C=O) groups excluding carboxylic acids is 1. The number of anilines is 1. The average molecular weight is 479 g/mol. The van der Waals surface area contributed by atoms with E-state index in [0.717, 1.165) is 25.7 Å². The molecule has 3 aromatic rings.